The van der Waals surface area contributed by atoms with Crippen molar-refractivity contribution in [1.29, 1.82) is 0 Å². The van der Waals surface area contributed by atoms with Crippen LogP contribution in [0, 0.1) is 6.92 Å². The lowest BCUT2D eigenvalue weighted by molar-refractivity contribution is 0.0527. The van der Waals surface area contributed by atoms with Crippen molar-refractivity contribution < 1.29 is 9.53 Å². The molecule has 1 heterocycles. The van der Waals surface area contributed by atoms with Crippen molar-refractivity contribution in [3.05, 3.63) is 11.3 Å². The molecule has 0 saturated heterocycles. The fourth-order valence-electron chi connectivity index (χ4n) is 1.59. The van der Waals surface area contributed by atoms with Crippen LogP contribution in [-0.4, -0.2) is 23.0 Å². The molecule has 96 valence electrons. The van der Waals surface area contributed by atoms with Crippen LogP contribution in [0.4, 0.5) is 5.00 Å². The van der Waals surface area contributed by atoms with Gasteiger partial charge in [0.25, 0.3) is 0 Å². The number of carbonyl (C=O) groups is 1. The summed E-state index contributed by atoms with van der Waals surface area (Å²) >= 11 is 1.33. The van der Waals surface area contributed by atoms with Crippen LogP contribution in [0.2, 0.25) is 0 Å². The molecule has 0 spiro atoms. The molecule has 0 bridgehead atoms. The Labute approximate surface area is 107 Å². The van der Waals surface area contributed by atoms with E-state index in [1.165, 1.54) is 11.5 Å². The van der Waals surface area contributed by atoms with Crippen LogP contribution in [0.15, 0.2) is 0 Å². The van der Waals surface area contributed by atoms with Gasteiger partial charge >= 0.3 is 5.97 Å². The van der Waals surface area contributed by atoms with Gasteiger partial charge in [-0.2, -0.15) is 4.37 Å². The number of carbonyl (C=O) groups excluding carboxylic acids is 1. The van der Waals surface area contributed by atoms with Gasteiger partial charge < -0.3 is 10.1 Å². The van der Waals surface area contributed by atoms with Crippen molar-refractivity contribution in [1.82, 2.24) is 4.37 Å². The number of hydrogen-bond acceptors (Lipinski definition) is 5. The van der Waals surface area contributed by atoms with Gasteiger partial charge in [0, 0.05) is 6.04 Å². The van der Waals surface area contributed by atoms with Crippen LogP contribution in [0.5, 0.6) is 0 Å². The van der Waals surface area contributed by atoms with E-state index in [1.807, 2.05) is 6.92 Å². The molecule has 0 atom stereocenters. The van der Waals surface area contributed by atoms with Crippen LogP contribution in [-0.2, 0) is 4.74 Å². The molecule has 0 saturated carbocycles. The summed E-state index contributed by atoms with van der Waals surface area (Å²) in [7, 11) is 0. The first-order valence-electron chi connectivity index (χ1n) is 6.03. The zero-order valence-electron chi connectivity index (χ0n) is 10.9. The summed E-state index contributed by atoms with van der Waals surface area (Å²) in [6, 6.07) is 0.378. The second-order valence-corrected chi connectivity index (χ2v) is 4.62. The van der Waals surface area contributed by atoms with E-state index in [1.54, 1.807) is 6.92 Å². The summed E-state index contributed by atoms with van der Waals surface area (Å²) in [4.78, 5) is 11.8. The number of nitrogens with one attached hydrogen (secondary N) is 1. The van der Waals surface area contributed by atoms with Crippen LogP contribution < -0.4 is 5.32 Å². The van der Waals surface area contributed by atoms with Gasteiger partial charge in [-0.1, -0.05) is 13.8 Å². The standard InChI is InChI=1S/C12H20N2O2S/c1-5-9(6-2)13-11-10(8(4)14-17-11)12(15)16-7-3/h9,13H,5-7H2,1-4H3. The van der Waals surface area contributed by atoms with Crippen LogP contribution in [0.3, 0.4) is 0 Å². The minimum Gasteiger partial charge on any atom is -0.462 e. The molecule has 0 aliphatic carbocycles. The largest absolute Gasteiger partial charge is 0.462 e. The summed E-state index contributed by atoms with van der Waals surface area (Å²) in [6.45, 7) is 8.28. The minimum atomic E-state index is -0.285. The lowest BCUT2D eigenvalue weighted by atomic mass is 10.1. The van der Waals surface area contributed by atoms with Gasteiger partial charge in [0.05, 0.1) is 12.3 Å². The van der Waals surface area contributed by atoms with Crippen LogP contribution >= 0.6 is 11.5 Å². The molecule has 0 fully saturated rings. The predicted octanol–water partition coefficient (Wildman–Crippen LogP) is 3.23. The number of aryl methyl sites for hydroxylation is 1. The van der Waals surface area contributed by atoms with Crippen molar-refractivity contribution >= 4 is 22.5 Å². The maximum Gasteiger partial charge on any atom is 0.343 e. The number of ether oxygens (including phenoxy) is 1. The smallest absolute Gasteiger partial charge is 0.343 e. The first-order chi connectivity index (χ1) is 8.13. The Hall–Kier alpha value is -1.10. The van der Waals surface area contributed by atoms with E-state index in [-0.39, 0.29) is 5.97 Å². The van der Waals surface area contributed by atoms with Gasteiger partial charge in [-0.3, -0.25) is 0 Å². The van der Waals surface area contributed by atoms with Crippen molar-refractivity contribution in [3.8, 4) is 0 Å². The third kappa shape index (κ3) is 3.43. The third-order valence-corrected chi connectivity index (χ3v) is 3.53. The first-order valence-corrected chi connectivity index (χ1v) is 6.81. The van der Waals surface area contributed by atoms with Gasteiger partial charge in [-0.25, -0.2) is 4.79 Å². The molecule has 1 rings (SSSR count). The van der Waals surface area contributed by atoms with E-state index in [9.17, 15) is 4.79 Å². The maximum atomic E-state index is 11.8. The van der Waals surface area contributed by atoms with Crippen molar-refractivity contribution in [2.45, 2.75) is 46.6 Å². The zero-order valence-corrected chi connectivity index (χ0v) is 11.7. The van der Waals surface area contributed by atoms with Crippen molar-refractivity contribution in [3.63, 3.8) is 0 Å². The number of anilines is 1. The number of aromatic nitrogens is 1. The van der Waals surface area contributed by atoms with E-state index in [0.717, 1.165) is 23.5 Å². The Kier molecular flexibility index (Phi) is 5.41. The van der Waals surface area contributed by atoms with E-state index in [0.29, 0.717) is 18.2 Å². The number of hydrogen-bond donors (Lipinski definition) is 1. The molecule has 0 unspecified atom stereocenters. The SMILES string of the molecule is CCOC(=O)c1c(C)nsc1NC(CC)CC. The number of rotatable bonds is 6. The fraction of sp³-hybridized carbons (Fsp3) is 0.667. The van der Waals surface area contributed by atoms with E-state index in [4.69, 9.17) is 4.74 Å². The number of esters is 1. The highest BCUT2D eigenvalue weighted by Gasteiger charge is 2.20. The molecule has 5 heteroatoms. The van der Waals surface area contributed by atoms with Gasteiger partial charge in [0.2, 0.25) is 0 Å². The van der Waals surface area contributed by atoms with Crippen LogP contribution in [0.1, 0.15) is 49.7 Å². The molecule has 1 aromatic heterocycles. The Morgan fingerprint density at radius 1 is 1.41 bits per heavy atom. The summed E-state index contributed by atoms with van der Waals surface area (Å²) < 4.78 is 9.26. The molecule has 4 nitrogen and oxygen atoms in total. The topological polar surface area (TPSA) is 51.2 Å². The molecule has 0 aliphatic rings. The summed E-state index contributed by atoms with van der Waals surface area (Å²) in [6.07, 6.45) is 2.05. The molecule has 1 aromatic rings. The van der Waals surface area contributed by atoms with Gasteiger partial charge in [-0.05, 0) is 38.2 Å². The highest BCUT2D eigenvalue weighted by atomic mass is 32.1. The quantitative estimate of drug-likeness (QED) is 0.794. The Morgan fingerprint density at radius 3 is 2.59 bits per heavy atom. The Balaban J connectivity index is 2.89. The zero-order chi connectivity index (χ0) is 12.8. The molecule has 0 aromatic carbocycles. The molecule has 1 N–H and O–H groups in total. The molecule has 0 amide bonds. The predicted molar refractivity (Wildman–Crippen MR) is 70.8 cm³/mol. The van der Waals surface area contributed by atoms with E-state index < -0.39 is 0 Å². The first kappa shape index (κ1) is 14.0. The molecular formula is C12H20N2O2S. The average Bonchev–Trinajstić information content (AvgIpc) is 2.67. The summed E-state index contributed by atoms with van der Waals surface area (Å²) in [5.41, 5.74) is 1.32. The fourth-order valence-corrected chi connectivity index (χ4v) is 2.45. The van der Waals surface area contributed by atoms with E-state index >= 15 is 0 Å². The average molecular weight is 256 g/mol. The lowest BCUT2D eigenvalue weighted by Gasteiger charge is -2.15. The summed E-state index contributed by atoms with van der Waals surface area (Å²) in [5, 5.41) is 4.19. The van der Waals surface area contributed by atoms with Crippen molar-refractivity contribution in [2.24, 2.45) is 0 Å². The Bertz CT molecular complexity index is 373. The van der Waals surface area contributed by atoms with Gasteiger partial charge in [0.1, 0.15) is 10.6 Å². The highest BCUT2D eigenvalue weighted by molar-refractivity contribution is 7.10. The molecule has 17 heavy (non-hydrogen) atoms. The Morgan fingerprint density at radius 2 is 2.06 bits per heavy atom. The van der Waals surface area contributed by atoms with Gasteiger partial charge in [0.15, 0.2) is 0 Å². The van der Waals surface area contributed by atoms with Crippen LogP contribution in [0.25, 0.3) is 0 Å². The highest BCUT2D eigenvalue weighted by Crippen LogP contribution is 2.26. The van der Waals surface area contributed by atoms with Crippen molar-refractivity contribution in [2.75, 3.05) is 11.9 Å². The van der Waals surface area contributed by atoms with E-state index in [2.05, 4.69) is 23.5 Å². The maximum absolute atomic E-state index is 11.8. The number of nitrogens with zero attached hydrogens (tertiary/aromatic N) is 1. The molecule has 0 aliphatic heterocycles. The summed E-state index contributed by atoms with van der Waals surface area (Å²) in [5.74, 6) is -0.285. The minimum absolute atomic E-state index is 0.285. The third-order valence-electron chi connectivity index (χ3n) is 2.66. The second kappa shape index (κ2) is 6.59. The monoisotopic (exact) mass is 256 g/mol. The normalized spacial score (nSPS) is 10.6. The van der Waals surface area contributed by atoms with Gasteiger partial charge in [-0.15, -0.1) is 0 Å². The second-order valence-electron chi connectivity index (χ2n) is 3.85. The lowest BCUT2D eigenvalue weighted by Crippen LogP contribution is -2.18. The molecular weight excluding hydrogens is 236 g/mol. The molecule has 0 radical (unpaired) electrons.